The Balaban J connectivity index is 1.76. The van der Waals surface area contributed by atoms with Crippen LogP contribution in [-0.4, -0.2) is 56.5 Å². The standard InChI is InChI=1S/C27H31Cl2N3O6/c1-4-38-25(34)22(31-26(35)27(17(2)32-36-3)12-14-37-15-13-27)16-18-8-10-19(11-9-18)30-24(33)23-20(28)6-5-7-21(23)29/h5-11,22H,4,12-16H2,1-3H3,(H,30,33)(H,31,35)/t22-/m0/s1. The van der Waals surface area contributed by atoms with E-state index in [0.717, 1.165) is 5.56 Å². The summed E-state index contributed by atoms with van der Waals surface area (Å²) < 4.78 is 10.7. The maximum Gasteiger partial charge on any atom is 0.328 e. The second-order valence-electron chi connectivity index (χ2n) is 8.78. The molecular weight excluding hydrogens is 533 g/mol. The van der Waals surface area contributed by atoms with Crippen LogP contribution in [0.5, 0.6) is 0 Å². The van der Waals surface area contributed by atoms with E-state index in [2.05, 4.69) is 15.8 Å². The van der Waals surface area contributed by atoms with E-state index < -0.39 is 23.3 Å². The van der Waals surface area contributed by atoms with Gasteiger partial charge in [-0.05, 0) is 56.5 Å². The largest absolute Gasteiger partial charge is 0.464 e. The molecular formula is C27H31Cl2N3O6. The van der Waals surface area contributed by atoms with E-state index in [1.165, 1.54) is 7.11 Å². The number of benzene rings is 2. The molecule has 38 heavy (non-hydrogen) atoms. The topological polar surface area (TPSA) is 115 Å². The number of carbonyl (C=O) groups excluding carboxylic acids is 3. The molecule has 0 aromatic heterocycles. The van der Waals surface area contributed by atoms with E-state index in [1.54, 1.807) is 56.3 Å². The monoisotopic (exact) mass is 563 g/mol. The molecule has 0 radical (unpaired) electrons. The second kappa shape index (κ2) is 13.6. The maximum absolute atomic E-state index is 13.5. The molecule has 2 aromatic carbocycles. The molecule has 2 amide bonds. The van der Waals surface area contributed by atoms with Gasteiger partial charge in [-0.15, -0.1) is 0 Å². The van der Waals surface area contributed by atoms with Crippen LogP contribution in [0.2, 0.25) is 10.0 Å². The summed E-state index contributed by atoms with van der Waals surface area (Å²) in [5.41, 5.74) is 1.01. The highest BCUT2D eigenvalue weighted by Gasteiger charge is 2.44. The fourth-order valence-electron chi connectivity index (χ4n) is 4.30. The molecule has 2 aromatic rings. The Morgan fingerprint density at radius 2 is 1.71 bits per heavy atom. The lowest BCUT2D eigenvalue weighted by molar-refractivity contribution is -0.148. The summed E-state index contributed by atoms with van der Waals surface area (Å²) in [6.07, 6.45) is 1.01. The van der Waals surface area contributed by atoms with Crippen molar-refractivity contribution in [1.82, 2.24) is 5.32 Å². The van der Waals surface area contributed by atoms with Crippen molar-refractivity contribution in [3.8, 4) is 0 Å². The molecule has 2 N–H and O–H groups in total. The van der Waals surface area contributed by atoms with Gasteiger partial charge < -0.3 is 24.9 Å². The van der Waals surface area contributed by atoms with E-state index in [-0.39, 0.29) is 34.5 Å². The first kappa shape index (κ1) is 29.4. The van der Waals surface area contributed by atoms with Crippen molar-refractivity contribution >= 4 is 52.4 Å². The molecule has 1 saturated heterocycles. The number of halogens is 2. The Bertz CT molecular complexity index is 1160. The van der Waals surface area contributed by atoms with Crippen LogP contribution in [0.25, 0.3) is 0 Å². The first-order chi connectivity index (χ1) is 18.2. The fraction of sp³-hybridized carbons (Fsp3) is 0.407. The Morgan fingerprint density at radius 1 is 1.08 bits per heavy atom. The van der Waals surface area contributed by atoms with Crippen molar-refractivity contribution in [3.63, 3.8) is 0 Å². The van der Waals surface area contributed by atoms with Crippen molar-refractivity contribution < 1.29 is 28.7 Å². The summed E-state index contributed by atoms with van der Waals surface area (Å²) in [7, 11) is 1.42. The second-order valence-corrected chi connectivity index (χ2v) is 9.60. The minimum absolute atomic E-state index is 0.171. The molecule has 1 heterocycles. The number of esters is 1. The normalized spacial score (nSPS) is 15.8. The van der Waals surface area contributed by atoms with Gasteiger partial charge in [0, 0.05) is 25.3 Å². The number of hydrogen-bond acceptors (Lipinski definition) is 7. The highest BCUT2D eigenvalue weighted by molar-refractivity contribution is 6.40. The average molecular weight is 564 g/mol. The van der Waals surface area contributed by atoms with Gasteiger partial charge in [-0.3, -0.25) is 9.59 Å². The lowest BCUT2D eigenvalue weighted by atomic mass is 9.75. The molecule has 0 spiro atoms. The summed E-state index contributed by atoms with van der Waals surface area (Å²) in [4.78, 5) is 43.9. The molecule has 0 unspecified atom stereocenters. The molecule has 1 aliphatic heterocycles. The number of ether oxygens (including phenoxy) is 2. The van der Waals surface area contributed by atoms with Crippen LogP contribution in [0.4, 0.5) is 5.69 Å². The lowest BCUT2D eigenvalue weighted by Crippen LogP contribution is -2.54. The van der Waals surface area contributed by atoms with Gasteiger partial charge in [0.15, 0.2) is 0 Å². The van der Waals surface area contributed by atoms with Crippen molar-refractivity contribution in [1.29, 1.82) is 0 Å². The third-order valence-electron chi connectivity index (χ3n) is 6.42. The third-order valence-corrected chi connectivity index (χ3v) is 7.05. The zero-order valence-electron chi connectivity index (χ0n) is 21.5. The van der Waals surface area contributed by atoms with Crippen LogP contribution in [0.3, 0.4) is 0 Å². The summed E-state index contributed by atoms with van der Waals surface area (Å²) in [6.45, 7) is 4.39. The molecule has 0 bridgehead atoms. The number of amides is 2. The quantitative estimate of drug-likeness (QED) is 0.247. The van der Waals surface area contributed by atoms with Gasteiger partial charge in [0.05, 0.1) is 33.3 Å². The maximum atomic E-state index is 13.5. The predicted molar refractivity (Wildman–Crippen MR) is 146 cm³/mol. The SMILES string of the molecule is CCOC(=O)[C@H](Cc1ccc(NC(=O)c2c(Cl)cccc2Cl)cc1)NC(=O)C1(C(C)=NOC)CCOCC1. The van der Waals surface area contributed by atoms with Gasteiger partial charge >= 0.3 is 5.97 Å². The minimum Gasteiger partial charge on any atom is -0.464 e. The van der Waals surface area contributed by atoms with Gasteiger partial charge in [0.2, 0.25) is 5.91 Å². The van der Waals surface area contributed by atoms with E-state index in [1.807, 2.05) is 0 Å². The first-order valence-electron chi connectivity index (χ1n) is 12.2. The number of nitrogens with one attached hydrogen (secondary N) is 2. The lowest BCUT2D eigenvalue weighted by Gasteiger charge is -2.36. The third kappa shape index (κ3) is 7.03. The molecule has 1 aliphatic rings. The van der Waals surface area contributed by atoms with Crippen molar-refractivity contribution in [2.45, 2.75) is 39.2 Å². The zero-order chi connectivity index (χ0) is 27.7. The summed E-state index contributed by atoms with van der Waals surface area (Å²) in [5, 5.41) is 10.1. The predicted octanol–water partition coefficient (Wildman–Crippen LogP) is 4.66. The Hall–Kier alpha value is -3.14. The smallest absolute Gasteiger partial charge is 0.328 e. The van der Waals surface area contributed by atoms with E-state index >= 15 is 0 Å². The van der Waals surface area contributed by atoms with Crippen molar-refractivity contribution in [2.75, 3.05) is 32.2 Å². The average Bonchev–Trinajstić information content (AvgIpc) is 2.90. The van der Waals surface area contributed by atoms with Gasteiger partial charge in [0.1, 0.15) is 13.2 Å². The molecule has 0 aliphatic carbocycles. The molecule has 3 rings (SSSR count). The number of anilines is 1. The number of carbonyl (C=O) groups is 3. The first-order valence-corrected chi connectivity index (χ1v) is 12.9. The van der Waals surface area contributed by atoms with Gasteiger partial charge in [0.25, 0.3) is 5.91 Å². The molecule has 204 valence electrons. The van der Waals surface area contributed by atoms with Gasteiger partial charge in [-0.2, -0.15) is 0 Å². The zero-order valence-corrected chi connectivity index (χ0v) is 23.0. The number of oxime groups is 1. The molecule has 9 nitrogen and oxygen atoms in total. The molecule has 1 fully saturated rings. The summed E-state index contributed by atoms with van der Waals surface area (Å²) in [5.74, 6) is -1.33. The van der Waals surface area contributed by atoms with E-state index in [0.29, 0.717) is 37.5 Å². The van der Waals surface area contributed by atoms with Crippen LogP contribution in [-0.2, 0) is 30.3 Å². The van der Waals surface area contributed by atoms with Gasteiger partial charge in [-0.1, -0.05) is 46.6 Å². The molecule has 11 heteroatoms. The number of rotatable bonds is 10. The Labute approximate surface area is 231 Å². The van der Waals surface area contributed by atoms with Crippen LogP contribution < -0.4 is 10.6 Å². The highest BCUT2D eigenvalue weighted by Crippen LogP contribution is 2.33. The van der Waals surface area contributed by atoms with Crippen LogP contribution >= 0.6 is 23.2 Å². The minimum atomic E-state index is -0.951. The summed E-state index contributed by atoms with van der Waals surface area (Å²) >= 11 is 12.3. The van der Waals surface area contributed by atoms with Gasteiger partial charge in [-0.25, -0.2) is 4.79 Å². The molecule has 1 atom stereocenters. The van der Waals surface area contributed by atoms with Crippen LogP contribution in [0, 0.1) is 5.41 Å². The summed E-state index contributed by atoms with van der Waals surface area (Å²) in [6, 6.07) is 10.8. The Kier molecular flexibility index (Phi) is 10.5. The van der Waals surface area contributed by atoms with Crippen molar-refractivity contribution in [3.05, 3.63) is 63.6 Å². The highest BCUT2D eigenvalue weighted by atomic mass is 35.5. The van der Waals surface area contributed by atoms with Crippen LogP contribution in [0.1, 0.15) is 42.6 Å². The number of hydrogen-bond donors (Lipinski definition) is 2. The van der Waals surface area contributed by atoms with E-state index in [9.17, 15) is 14.4 Å². The Morgan fingerprint density at radius 3 is 2.29 bits per heavy atom. The van der Waals surface area contributed by atoms with Crippen molar-refractivity contribution in [2.24, 2.45) is 10.6 Å². The fourth-order valence-corrected chi connectivity index (χ4v) is 4.87. The molecule has 0 saturated carbocycles. The number of nitrogens with zero attached hydrogens (tertiary/aromatic N) is 1. The van der Waals surface area contributed by atoms with Crippen LogP contribution in [0.15, 0.2) is 47.6 Å². The van der Waals surface area contributed by atoms with E-state index in [4.69, 9.17) is 37.5 Å².